The smallest absolute Gasteiger partial charge is 0.244 e. The second kappa shape index (κ2) is 7.71. The number of nitrogens with one attached hydrogen (secondary N) is 1. The summed E-state index contributed by atoms with van der Waals surface area (Å²) < 4.78 is 28.6. The number of anilines is 1. The molecule has 0 spiro atoms. The van der Waals surface area contributed by atoms with Crippen LogP contribution in [0.25, 0.3) is 21.0 Å². The van der Waals surface area contributed by atoms with E-state index in [4.69, 9.17) is 0 Å². The molecule has 1 N–H and O–H groups in total. The second-order valence-electron chi connectivity index (χ2n) is 7.73. The van der Waals surface area contributed by atoms with E-state index in [0.717, 1.165) is 26.6 Å². The van der Waals surface area contributed by atoms with Crippen LogP contribution in [0.1, 0.15) is 18.4 Å². The van der Waals surface area contributed by atoms with E-state index in [-0.39, 0.29) is 10.8 Å². The van der Waals surface area contributed by atoms with Gasteiger partial charge >= 0.3 is 0 Å². The van der Waals surface area contributed by atoms with Crippen LogP contribution in [-0.4, -0.2) is 36.2 Å². The summed E-state index contributed by atoms with van der Waals surface area (Å²) in [4.78, 5) is 17.9. The number of aromatic nitrogens is 1. The van der Waals surface area contributed by atoms with Gasteiger partial charge in [0, 0.05) is 11.9 Å². The number of fused-ring (bicyclic) bond motifs is 3. The third-order valence-corrected chi connectivity index (χ3v) is 8.51. The predicted octanol–water partition coefficient (Wildman–Crippen LogP) is 4.55. The molecule has 1 amide bonds. The summed E-state index contributed by atoms with van der Waals surface area (Å²) in [6.45, 7) is 2.24. The first kappa shape index (κ1) is 20.1. The molecule has 6 nitrogen and oxygen atoms in total. The molecule has 1 saturated heterocycles. The molecule has 0 radical (unpaired) electrons. The van der Waals surface area contributed by atoms with Crippen LogP contribution in [0.3, 0.4) is 0 Å². The topological polar surface area (TPSA) is 79.4 Å². The van der Waals surface area contributed by atoms with Crippen molar-refractivity contribution >= 4 is 53.4 Å². The summed E-state index contributed by atoms with van der Waals surface area (Å²) in [6, 6.07) is 18.0. The summed E-state index contributed by atoms with van der Waals surface area (Å²) in [7, 11) is -3.74. The number of carbonyl (C=O) groups is 1. The van der Waals surface area contributed by atoms with Crippen molar-refractivity contribution in [1.29, 1.82) is 0 Å². The van der Waals surface area contributed by atoms with Crippen molar-refractivity contribution < 1.29 is 13.2 Å². The molecule has 158 valence electrons. The highest BCUT2D eigenvalue weighted by molar-refractivity contribution is 7.89. The molecule has 0 aliphatic carbocycles. The maximum absolute atomic E-state index is 13.1. The Labute approximate surface area is 184 Å². The molecule has 0 saturated carbocycles. The minimum absolute atomic E-state index is 0.212. The van der Waals surface area contributed by atoms with Crippen molar-refractivity contribution in [3.8, 4) is 0 Å². The van der Waals surface area contributed by atoms with Crippen LogP contribution in [0.15, 0.2) is 65.6 Å². The van der Waals surface area contributed by atoms with Gasteiger partial charge in [0.15, 0.2) is 5.13 Å². The molecule has 1 aliphatic heterocycles. The molecule has 2 heterocycles. The number of aryl methyl sites for hydroxylation is 1. The van der Waals surface area contributed by atoms with Crippen LogP contribution in [0.5, 0.6) is 0 Å². The Morgan fingerprint density at radius 2 is 1.87 bits per heavy atom. The highest BCUT2D eigenvalue weighted by atomic mass is 32.2. The number of sulfonamides is 1. The molecule has 0 bridgehead atoms. The van der Waals surface area contributed by atoms with Gasteiger partial charge in [-0.3, -0.25) is 4.79 Å². The van der Waals surface area contributed by atoms with E-state index in [2.05, 4.69) is 10.3 Å². The average Bonchev–Trinajstić information content (AvgIpc) is 3.41. The third kappa shape index (κ3) is 3.60. The Kier molecular flexibility index (Phi) is 5.00. The molecular weight excluding hydrogens is 430 g/mol. The number of benzene rings is 3. The maximum atomic E-state index is 13.1. The van der Waals surface area contributed by atoms with Gasteiger partial charge < -0.3 is 5.32 Å². The summed E-state index contributed by atoms with van der Waals surface area (Å²) in [5.41, 5.74) is 1.83. The van der Waals surface area contributed by atoms with E-state index in [0.29, 0.717) is 24.5 Å². The fraction of sp³-hybridized carbons (Fsp3) is 0.217. The molecule has 31 heavy (non-hydrogen) atoms. The van der Waals surface area contributed by atoms with Crippen molar-refractivity contribution in [2.24, 2.45) is 0 Å². The van der Waals surface area contributed by atoms with Gasteiger partial charge in [0.1, 0.15) is 6.04 Å². The monoisotopic (exact) mass is 451 g/mol. The highest BCUT2D eigenvalue weighted by Gasteiger charge is 2.39. The van der Waals surface area contributed by atoms with Crippen LogP contribution in [0.4, 0.5) is 5.13 Å². The van der Waals surface area contributed by atoms with Gasteiger partial charge in [-0.1, -0.05) is 59.4 Å². The molecule has 1 aliphatic rings. The Hall–Kier alpha value is -2.81. The molecule has 1 fully saturated rings. The molecule has 3 aromatic carbocycles. The predicted molar refractivity (Wildman–Crippen MR) is 124 cm³/mol. The number of nitrogens with zero attached hydrogens (tertiary/aromatic N) is 2. The summed E-state index contributed by atoms with van der Waals surface area (Å²) in [5.74, 6) is -0.337. The molecule has 1 atom stereocenters. The van der Waals surface area contributed by atoms with Crippen molar-refractivity contribution in [3.05, 3.63) is 66.2 Å². The molecule has 1 aromatic heterocycles. The minimum atomic E-state index is -3.74. The van der Waals surface area contributed by atoms with E-state index in [1.807, 2.05) is 43.3 Å². The number of rotatable bonds is 4. The van der Waals surface area contributed by atoms with Gasteiger partial charge in [-0.15, -0.1) is 0 Å². The van der Waals surface area contributed by atoms with Crippen molar-refractivity contribution in [2.75, 3.05) is 11.9 Å². The lowest BCUT2D eigenvalue weighted by Crippen LogP contribution is -2.43. The van der Waals surface area contributed by atoms with E-state index >= 15 is 0 Å². The Balaban J connectivity index is 1.42. The number of carbonyl (C=O) groups excluding carboxylic acids is 1. The molecule has 5 rings (SSSR count). The normalized spacial score (nSPS) is 17.4. The fourth-order valence-corrected chi connectivity index (χ4v) is 6.58. The lowest BCUT2D eigenvalue weighted by Gasteiger charge is -2.23. The standard InChI is InChI=1S/C23H21N3O3S2/c1-15-8-11-17(12-9-15)31(28,29)26-14-4-7-19(26)22(27)25-23-24-21-18-6-3-2-5-16(18)10-13-20(21)30-23/h2-3,5-6,8-13,19H,4,7,14H2,1H3,(H,24,25,27). The zero-order valence-corrected chi connectivity index (χ0v) is 18.5. The lowest BCUT2D eigenvalue weighted by atomic mass is 10.1. The number of hydrogen-bond donors (Lipinski definition) is 1. The van der Waals surface area contributed by atoms with Crippen molar-refractivity contribution in [1.82, 2.24) is 9.29 Å². The van der Waals surface area contributed by atoms with Crippen LogP contribution >= 0.6 is 11.3 Å². The largest absolute Gasteiger partial charge is 0.301 e. The van der Waals surface area contributed by atoms with E-state index < -0.39 is 16.1 Å². The van der Waals surface area contributed by atoms with Crippen LogP contribution < -0.4 is 5.32 Å². The Bertz CT molecular complexity index is 1390. The fourth-order valence-electron chi connectivity index (χ4n) is 4.04. The van der Waals surface area contributed by atoms with Gasteiger partial charge in [-0.2, -0.15) is 4.31 Å². The minimum Gasteiger partial charge on any atom is -0.301 e. The summed E-state index contributed by atoms with van der Waals surface area (Å²) in [6.07, 6.45) is 1.14. The number of thiazole rings is 1. The van der Waals surface area contributed by atoms with Crippen LogP contribution in [-0.2, 0) is 14.8 Å². The van der Waals surface area contributed by atoms with Crippen molar-refractivity contribution in [3.63, 3.8) is 0 Å². The SMILES string of the molecule is Cc1ccc(S(=O)(=O)N2CCCC2C(=O)Nc2nc3c(ccc4ccccc43)s2)cc1. The molecule has 1 unspecified atom stereocenters. The summed E-state index contributed by atoms with van der Waals surface area (Å²) >= 11 is 1.39. The van der Waals surface area contributed by atoms with Gasteiger partial charge in [0.2, 0.25) is 15.9 Å². The molecular formula is C23H21N3O3S2. The van der Waals surface area contributed by atoms with Gasteiger partial charge in [0.25, 0.3) is 0 Å². The first-order valence-corrected chi connectivity index (χ1v) is 12.4. The van der Waals surface area contributed by atoms with Crippen LogP contribution in [0.2, 0.25) is 0 Å². The van der Waals surface area contributed by atoms with E-state index in [1.54, 1.807) is 24.3 Å². The number of amides is 1. The lowest BCUT2D eigenvalue weighted by molar-refractivity contribution is -0.119. The van der Waals surface area contributed by atoms with Crippen molar-refractivity contribution in [2.45, 2.75) is 30.7 Å². The van der Waals surface area contributed by atoms with Gasteiger partial charge in [-0.05, 0) is 43.4 Å². The zero-order valence-electron chi connectivity index (χ0n) is 16.9. The third-order valence-electron chi connectivity index (χ3n) is 5.65. The zero-order chi connectivity index (χ0) is 21.6. The molecule has 8 heteroatoms. The Morgan fingerprint density at radius 1 is 1.10 bits per heavy atom. The van der Waals surface area contributed by atoms with E-state index in [1.165, 1.54) is 15.6 Å². The first-order chi connectivity index (χ1) is 14.9. The average molecular weight is 452 g/mol. The van der Waals surface area contributed by atoms with Gasteiger partial charge in [0.05, 0.1) is 15.1 Å². The quantitative estimate of drug-likeness (QED) is 0.494. The highest BCUT2D eigenvalue weighted by Crippen LogP contribution is 2.33. The van der Waals surface area contributed by atoms with Crippen LogP contribution in [0, 0.1) is 6.92 Å². The summed E-state index contributed by atoms with van der Waals surface area (Å²) in [5, 5.41) is 5.46. The first-order valence-electron chi connectivity index (χ1n) is 10.1. The maximum Gasteiger partial charge on any atom is 0.244 e. The second-order valence-corrected chi connectivity index (χ2v) is 10.6. The van der Waals surface area contributed by atoms with Gasteiger partial charge in [-0.25, -0.2) is 13.4 Å². The Morgan fingerprint density at radius 3 is 2.68 bits per heavy atom. The van der Waals surface area contributed by atoms with E-state index in [9.17, 15) is 13.2 Å². The number of hydrogen-bond acceptors (Lipinski definition) is 5. The molecule has 4 aromatic rings.